The summed E-state index contributed by atoms with van der Waals surface area (Å²) in [7, 11) is -0.937. The molecular formula is C13H18O2S2. The first-order valence-electron chi connectivity index (χ1n) is 5.96. The van der Waals surface area contributed by atoms with E-state index in [0.29, 0.717) is 0 Å². The van der Waals surface area contributed by atoms with Crippen LogP contribution in [0.2, 0.25) is 0 Å². The van der Waals surface area contributed by atoms with Gasteiger partial charge in [-0.15, -0.1) is 11.8 Å². The lowest BCUT2D eigenvalue weighted by Gasteiger charge is -2.32. The molecule has 1 aliphatic heterocycles. The highest BCUT2D eigenvalue weighted by atomic mass is 32.2. The van der Waals surface area contributed by atoms with E-state index in [9.17, 15) is 9.32 Å². The first-order valence-corrected chi connectivity index (χ1v) is 8.26. The van der Waals surface area contributed by atoms with Gasteiger partial charge in [-0.3, -0.25) is 4.21 Å². The van der Waals surface area contributed by atoms with E-state index < -0.39 is 21.0 Å². The second kappa shape index (κ2) is 5.55. The molecule has 0 radical (unpaired) electrons. The summed E-state index contributed by atoms with van der Waals surface area (Å²) in [5.41, 5.74) is 0.878. The van der Waals surface area contributed by atoms with Crippen LogP contribution in [0.15, 0.2) is 30.3 Å². The van der Waals surface area contributed by atoms with E-state index in [0.717, 1.165) is 29.9 Å². The van der Waals surface area contributed by atoms with Crippen LogP contribution < -0.4 is 0 Å². The van der Waals surface area contributed by atoms with Crippen molar-refractivity contribution < 1.29 is 9.32 Å². The minimum absolute atomic E-state index is 0.490. The van der Waals surface area contributed by atoms with Crippen LogP contribution in [0.3, 0.4) is 0 Å². The molecule has 0 bridgehead atoms. The van der Waals surface area contributed by atoms with Gasteiger partial charge < -0.3 is 5.11 Å². The van der Waals surface area contributed by atoms with E-state index >= 15 is 0 Å². The fourth-order valence-electron chi connectivity index (χ4n) is 2.35. The molecule has 0 aliphatic carbocycles. The maximum atomic E-state index is 12.2. The smallest absolute Gasteiger partial charge is 0.121 e. The van der Waals surface area contributed by atoms with E-state index in [4.69, 9.17) is 0 Å². The van der Waals surface area contributed by atoms with Gasteiger partial charge in [-0.1, -0.05) is 37.3 Å². The summed E-state index contributed by atoms with van der Waals surface area (Å²) in [6.07, 6.45) is 1.16. The summed E-state index contributed by atoms with van der Waals surface area (Å²) in [5.74, 6) is 1.60. The third kappa shape index (κ3) is 2.44. The predicted octanol–water partition coefficient (Wildman–Crippen LogP) is 2.71. The molecule has 1 fully saturated rings. The molecule has 4 heteroatoms. The Morgan fingerprint density at radius 2 is 2.18 bits per heavy atom. The van der Waals surface area contributed by atoms with Gasteiger partial charge in [-0.2, -0.15) is 0 Å². The summed E-state index contributed by atoms with van der Waals surface area (Å²) < 4.78 is 11.7. The Morgan fingerprint density at radius 3 is 2.71 bits per heavy atom. The SMILES string of the molecule is CCSC1(C(O)c2ccccc2)CCCS1=O. The molecule has 0 amide bonds. The number of hydrogen-bond donors (Lipinski definition) is 1. The van der Waals surface area contributed by atoms with E-state index in [-0.39, 0.29) is 0 Å². The summed E-state index contributed by atoms with van der Waals surface area (Å²) in [5, 5.41) is 10.6. The molecule has 0 saturated carbocycles. The van der Waals surface area contributed by atoms with Crippen molar-refractivity contribution in [2.45, 2.75) is 29.9 Å². The van der Waals surface area contributed by atoms with Crippen molar-refractivity contribution in [1.82, 2.24) is 0 Å². The summed E-state index contributed by atoms with van der Waals surface area (Å²) in [6, 6.07) is 9.60. The van der Waals surface area contributed by atoms with Crippen molar-refractivity contribution in [2.75, 3.05) is 11.5 Å². The fourth-order valence-corrected chi connectivity index (χ4v) is 6.06. The van der Waals surface area contributed by atoms with Crippen LogP contribution in [0.25, 0.3) is 0 Å². The lowest BCUT2D eigenvalue weighted by molar-refractivity contribution is 0.160. The molecule has 1 aromatic carbocycles. The summed E-state index contributed by atoms with van der Waals surface area (Å²) >= 11 is 1.65. The molecule has 1 aliphatic rings. The Hall–Kier alpha value is -0.320. The Balaban J connectivity index is 2.31. The van der Waals surface area contributed by atoms with Crippen LogP contribution in [0.4, 0.5) is 0 Å². The normalized spacial score (nSPS) is 30.4. The van der Waals surface area contributed by atoms with Gasteiger partial charge in [0.25, 0.3) is 0 Å². The van der Waals surface area contributed by atoms with Crippen molar-refractivity contribution >= 4 is 22.6 Å². The average molecular weight is 270 g/mol. The predicted molar refractivity (Wildman–Crippen MR) is 74.5 cm³/mol. The largest absolute Gasteiger partial charge is 0.386 e. The lowest BCUT2D eigenvalue weighted by Crippen LogP contribution is -2.34. The van der Waals surface area contributed by atoms with Crippen LogP contribution >= 0.6 is 11.8 Å². The Kier molecular flexibility index (Phi) is 4.28. The van der Waals surface area contributed by atoms with Gasteiger partial charge in [0, 0.05) is 16.6 Å². The Morgan fingerprint density at radius 1 is 1.47 bits per heavy atom. The minimum Gasteiger partial charge on any atom is -0.386 e. The van der Waals surface area contributed by atoms with Gasteiger partial charge in [-0.05, 0) is 24.2 Å². The Labute approximate surface area is 109 Å². The molecule has 3 atom stereocenters. The average Bonchev–Trinajstić information content (AvgIpc) is 2.73. The topological polar surface area (TPSA) is 37.3 Å². The standard InChI is InChI=1S/C13H18O2S2/c1-2-16-13(9-6-10-17(13)15)12(14)11-7-4-3-5-8-11/h3-5,7-8,12,14H,2,6,9-10H2,1H3. The monoisotopic (exact) mass is 270 g/mol. The molecule has 1 saturated heterocycles. The maximum absolute atomic E-state index is 12.2. The van der Waals surface area contributed by atoms with Crippen LogP contribution in [-0.4, -0.2) is 24.9 Å². The third-order valence-electron chi connectivity index (χ3n) is 3.16. The fraction of sp³-hybridized carbons (Fsp3) is 0.538. The van der Waals surface area contributed by atoms with E-state index in [2.05, 4.69) is 6.92 Å². The number of benzene rings is 1. The van der Waals surface area contributed by atoms with Crippen LogP contribution in [0.1, 0.15) is 31.4 Å². The van der Waals surface area contributed by atoms with Crippen molar-refractivity contribution in [1.29, 1.82) is 0 Å². The number of aliphatic hydroxyl groups excluding tert-OH is 1. The van der Waals surface area contributed by atoms with Crippen molar-refractivity contribution in [3.8, 4) is 0 Å². The highest BCUT2D eigenvalue weighted by Gasteiger charge is 2.47. The zero-order chi connectivity index (χ0) is 12.3. The molecule has 1 N–H and O–H groups in total. The summed E-state index contributed by atoms with van der Waals surface area (Å²) in [6.45, 7) is 2.06. The zero-order valence-corrected chi connectivity index (χ0v) is 11.6. The number of rotatable bonds is 4. The highest BCUT2D eigenvalue weighted by molar-refractivity contribution is 8.12. The van der Waals surface area contributed by atoms with Gasteiger partial charge in [-0.25, -0.2) is 0 Å². The van der Waals surface area contributed by atoms with Crippen LogP contribution in [0, 0.1) is 0 Å². The number of aliphatic hydroxyl groups is 1. The second-order valence-corrected chi connectivity index (χ2v) is 7.89. The molecule has 0 spiro atoms. The molecule has 94 valence electrons. The molecule has 1 aromatic rings. The first kappa shape index (κ1) is 13.1. The zero-order valence-electron chi connectivity index (χ0n) is 9.96. The van der Waals surface area contributed by atoms with Gasteiger partial charge in [0.2, 0.25) is 0 Å². The first-order chi connectivity index (χ1) is 8.20. The van der Waals surface area contributed by atoms with Gasteiger partial charge in [0.1, 0.15) is 10.2 Å². The molecule has 1 heterocycles. The van der Waals surface area contributed by atoms with Gasteiger partial charge >= 0.3 is 0 Å². The van der Waals surface area contributed by atoms with E-state index in [1.54, 1.807) is 11.8 Å². The molecular weight excluding hydrogens is 252 g/mol. The number of hydrogen-bond acceptors (Lipinski definition) is 3. The van der Waals surface area contributed by atoms with Crippen molar-refractivity contribution in [3.63, 3.8) is 0 Å². The Bertz CT molecular complexity index is 394. The highest BCUT2D eigenvalue weighted by Crippen LogP contribution is 2.48. The molecule has 2 nitrogen and oxygen atoms in total. The molecule has 17 heavy (non-hydrogen) atoms. The van der Waals surface area contributed by atoms with Crippen molar-refractivity contribution in [2.24, 2.45) is 0 Å². The third-order valence-corrected chi connectivity index (χ3v) is 7.13. The van der Waals surface area contributed by atoms with Crippen LogP contribution in [-0.2, 0) is 10.8 Å². The summed E-state index contributed by atoms with van der Waals surface area (Å²) in [4.78, 5) is 0. The minimum atomic E-state index is -0.937. The van der Waals surface area contributed by atoms with Gasteiger partial charge in [0.15, 0.2) is 0 Å². The molecule has 0 aromatic heterocycles. The van der Waals surface area contributed by atoms with Crippen LogP contribution in [0.5, 0.6) is 0 Å². The maximum Gasteiger partial charge on any atom is 0.121 e. The molecule has 3 unspecified atom stereocenters. The van der Waals surface area contributed by atoms with Gasteiger partial charge in [0.05, 0.1) is 0 Å². The van der Waals surface area contributed by atoms with E-state index in [1.165, 1.54) is 0 Å². The van der Waals surface area contributed by atoms with Crippen molar-refractivity contribution in [3.05, 3.63) is 35.9 Å². The second-order valence-electron chi connectivity index (χ2n) is 4.21. The number of thioether (sulfide) groups is 1. The molecule has 2 rings (SSSR count). The van der Waals surface area contributed by atoms with E-state index in [1.807, 2.05) is 30.3 Å². The quantitative estimate of drug-likeness (QED) is 0.914. The lowest BCUT2D eigenvalue weighted by atomic mass is 10.0.